The molecular formula is C41H57N7O6. The Kier molecular flexibility index (Phi) is 15.8. The number of nitrogens with zero attached hydrogens (tertiary/aromatic N) is 4. The summed E-state index contributed by atoms with van der Waals surface area (Å²) < 4.78 is 4.79. The van der Waals surface area contributed by atoms with Crippen molar-refractivity contribution in [3.8, 4) is 0 Å². The lowest BCUT2D eigenvalue weighted by atomic mass is 9.95. The van der Waals surface area contributed by atoms with E-state index in [1.165, 1.54) is 7.11 Å². The first-order valence-corrected chi connectivity index (χ1v) is 18.9. The minimum absolute atomic E-state index is 0.0578. The van der Waals surface area contributed by atoms with Crippen LogP contribution in [-0.2, 0) is 33.8 Å². The van der Waals surface area contributed by atoms with Gasteiger partial charge in [-0.25, -0.2) is 14.6 Å². The van der Waals surface area contributed by atoms with Crippen LogP contribution >= 0.6 is 0 Å². The SMILES string of the molecule is CCC(C)C(NC(=O)OC)C(=O)NN(Cc1ccccc1)CC(O)C(Cc1ccccc1)NC(=O)C(C(C)CC)N1CCN(Cc2cccc(C)n2)C1=O. The van der Waals surface area contributed by atoms with E-state index in [1.807, 2.05) is 113 Å². The lowest BCUT2D eigenvalue weighted by Gasteiger charge is -2.35. The van der Waals surface area contributed by atoms with E-state index in [2.05, 4.69) is 21.0 Å². The predicted molar refractivity (Wildman–Crippen MR) is 207 cm³/mol. The number of hydrogen-bond donors (Lipinski definition) is 4. The number of carbonyl (C=O) groups is 4. The molecule has 1 saturated heterocycles. The van der Waals surface area contributed by atoms with Gasteiger partial charge in [0, 0.05) is 31.9 Å². The third-order valence-electron chi connectivity index (χ3n) is 10.2. The summed E-state index contributed by atoms with van der Waals surface area (Å²) >= 11 is 0. The number of nitrogens with one attached hydrogen (secondary N) is 3. The van der Waals surface area contributed by atoms with E-state index in [0.29, 0.717) is 38.9 Å². The van der Waals surface area contributed by atoms with Gasteiger partial charge in [0.1, 0.15) is 12.1 Å². The van der Waals surface area contributed by atoms with Crippen molar-refractivity contribution in [1.29, 1.82) is 0 Å². The van der Waals surface area contributed by atoms with Crippen LogP contribution < -0.4 is 16.1 Å². The van der Waals surface area contributed by atoms with Crippen molar-refractivity contribution in [3.05, 3.63) is 101 Å². The predicted octanol–water partition coefficient (Wildman–Crippen LogP) is 4.43. The number of alkyl carbamates (subject to hydrolysis) is 1. The number of rotatable bonds is 19. The van der Waals surface area contributed by atoms with E-state index >= 15 is 0 Å². The molecule has 6 atom stereocenters. The molecule has 2 heterocycles. The molecule has 1 aromatic heterocycles. The fraction of sp³-hybridized carbons (Fsp3) is 0.488. The Morgan fingerprint density at radius 1 is 0.870 bits per heavy atom. The third-order valence-corrected chi connectivity index (χ3v) is 10.2. The molecule has 292 valence electrons. The maximum absolute atomic E-state index is 14.4. The van der Waals surface area contributed by atoms with E-state index in [9.17, 15) is 24.3 Å². The van der Waals surface area contributed by atoms with Gasteiger partial charge in [0.15, 0.2) is 0 Å². The van der Waals surface area contributed by atoms with Gasteiger partial charge in [-0.3, -0.25) is 20.0 Å². The lowest BCUT2D eigenvalue weighted by Crippen LogP contribution is -2.59. The average Bonchev–Trinajstić information content (AvgIpc) is 3.51. The molecule has 5 amide bonds. The summed E-state index contributed by atoms with van der Waals surface area (Å²) in [6.07, 6.45) is -0.317. The van der Waals surface area contributed by atoms with Gasteiger partial charge in [0.2, 0.25) is 5.91 Å². The van der Waals surface area contributed by atoms with Crippen LogP contribution in [0.15, 0.2) is 78.9 Å². The second kappa shape index (κ2) is 20.4. The number of aliphatic hydroxyl groups excluding tert-OH is 1. The minimum Gasteiger partial charge on any atom is -0.453 e. The number of methoxy groups -OCH3 is 1. The van der Waals surface area contributed by atoms with Crippen LogP contribution in [-0.4, -0.2) is 99.8 Å². The number of hydrazine groups is 1. The van der Waals surface area contributed by atoms with E-state index in [-0.39, 0.29) is 36.9 Å². The maximum Gasteiger partial charge on any atom is 0.407 e. The van der Waals surface area contributed by atoms with Crippen LogP contribution in [0, 0.1) is 18.8 Å². The molecule has 13 heteroatoms. The molecule has 0 spiro atoms. The second-order valence-corrected chi connectivity index (χ2v) is 14.2. The fourth-order valence-corrected chi connectivity index (χ4v) is 6.66. The van der Waals surface area contributed by atoms with Crippen LogP contribution in [0.25, 0.3) is 0 Å². The molecule has 4 N–H and O–H groups in total. The number of hydrogen-bond acceptors (Lipinski definition) is 8. The summed E-state index contributed by atoms with van der Waals surface area (Å²) in [6.45, 7) is 11.0. The molecule has 6 unspecified atom stereocenters. The van der Waals surface area contributed by atoms with Crippen molar-refractivity contribution >= 4 is 23.9 Å². The van der Waals surface area contributed by atoms with Crippen molar-refractivity contribution in [2.24, 2.45) is 11.8 Å². The maximum atomic E-state index is 14.4. The number of benzene rings is 2. The molecule has 0 aliphatic carbocycles. The summed E-state index contributed by atoms with van der Waals surface area (Å²) in [5, 5.41) is 19.4. The van der Waals surface area contributed by atoms with E-state index in [1.54, 1.807) is 14.8 Å². The Morgan fingerprint density at radius 2 is 1.52 bits per heavy atom. The number of amides is 5. The van der Waals surface area contributed by atoms with Gasteiger partial charge < -0.3 is 30.3 Å². The monoisotopic (exact) mass is 743 g/mol. The zero-order valence-corrected chi connectivity index (χ0v) is 32.4. The van der Waals surface area contributed by atoms with Crippen LogP contribution in [0.4, 0.5) is 9.59 Å². The molecule has 0 radical (unpaired) electrons. The Hall–Kier alpha value is -5.01. The van der Waals surface area contributed by atoms with E-state index in [0.717, 1.165) is 22.5 Å². The first-order chi connectivity index (χ1) is 25.9. The quantitative estimate of drug-likeness (QED) is 0.132. The molecule has 1 aliphatic rings. The molecule has 1 aliphatic heterocycles. The normalized spacial score (nSPS) is 16.3. The van der Waals surface area contributed by atoms with E-state index in [4.69, 9.17) is 4.74 Å². The standard InChI is InChI=1S/C41H57N7O6/c1-7-28(3)36(44-40(52)54-6)38(50)45-47(25-32-19-13-10-14-20-32)27-35(49)34(24-31-17-11-9-12-18-31)43-39(51)37(29(4)8-2)48-23-22-46(41(48)53)26-33-21-15-16-30(5)42-33/h9-21,28-29,34-37,49H,7-8,22-27H2,1-6H3,(H,43,51)(H,44,52)(H,45,50). The molecule has 13 nitrogen and oxygen atoms in total. The number of urea groups is 1. The molecule has 4 rings (SSSR count). The molecule has 3 aromatic rings. The Balaban J connectivity index is 1.58. The molecule has 0 saturated carbocycles. The number of aromatic nitrogens is 1. The number of pyridine rings is 1. The highest BCUT2D eigenvalue weighted by atomic mass is 16.5. The van der Waals surface area contributed by atoms with Gasteiger partial charge in [-0.05, 0) is 48.4 Å². The van der Waals surface area contributed by atoms with Gasteiger partial charge in [-0.1, -0.05) is 107 Å². The van der Waals surface area contributed by atoms with Crippen molar-refractivity contribution < 1.29 is 29.0 Å². The van der Waals surface area contributed by atoms with Crippen LogP contribution in [0.3, 0.4) is 0 Å². The molecule has 2 aromatic carbocycles. The lowest BCUT2D eigenvalue weighted by molar-refractivity contribution is -0.132. The zero-order valence-electron chi connectivity index (χ0n) is 32.4. The Morgan fingerprint density at radius 3 is 2.13 bits per heavy atom. The van der Waals surface area contributed by atoms with Gasteiger partial charge in [-0.15, -0.1) is 0 Å². The van der Waals surface area contributed by atoms with Gasteiger partial charge in [0.05, 0.1) is 31.5 Å². The van der Waals surface area contributed by atoms with Crippen LogP contribution in [0.1, 0.15) is 63.1 Å². The molecular weight excluding hydrogens is 686 g/mol. The van der Waals surface area contributed by atoms with Gasteiger partial charge in [-0.2, -0.15) is 0 Å². The molecule has 1 fully saturated rings. The number of aliphatic hydroxyl groups is 1. The summed E-state index contributed by atoms with van der Waals surface area (Å²) in [7, 11) is 1.24. The van der Waals surface area contributed by atoms with E-state index < -0.39 is 36.2 Å². The zero-order chi connectivity index (χ0) is 39.2. The highest BCUT2D eigenvalue weighted by molar-refractivity contribution is 5.88. The molecule has 54 heavy (non-hydrogen) atoms. The van der Waals surface area contributed by atoms with Gasteiger partial charge >= 0.3 is 12.1 Å². The smallest absolute Gasteiger partial charge is 0.407 e. The molecule has 0 bridgehead atoms. The number of carbonyl (C=O) groups excluding carboxylic acids is 4. The summed E-state index contributed by atoms with van der Waals surface area (Å²) in [5.41, 5.74) is 6.35. The van der Waals surface area contributed by atoms with Gasteiger partial charge in [0.25, 0.3) is 5.91 Å². The summed E-state index contributed by atoms with van der Waals surface area (Å²) in [4.78, 5) is 62.0. The van der Waals surface area contributed by atoms with Crippen molar-refractivity contribution in [1.82, 2.24) is 35.9 Å². The number of aryl methyl sites for hydroxylation is 1. The number of ether oxygens (including phenoxy) is 1. The highest BCUT2D eigenvalue weighted by Gasteiger charge is 2.41. The fourth-order valence-electron chi connectivity index (χ4n) is 6.66. The van der Waals surface area contributed by atoms with Crippen molar-refractivity contribution in [2.75, 3.05) is 26.7 Å². The average molecular weight is 744 g/mol. The topological polar surface area (TPSA) is 156 Å². The van der Waals surface area contributed by atoms with Crippen molar-refractivity contribution in [2.45, 2.75) is 91.2 Å². The van der Waals surface area contributed by atoms with Crippen LogP contribution in [0.2, 0.25) is 0 Å². The Bertz CT molecular complexity index is 1660. The first kappa shape index (κ1) is 41.7. The third kappa shape index (κ3) is 11.7. The Labute approximate surface area is 319 Å². The largest absolute Gasteiger partial charge is 0.453 e. The highest BCUT2D eigenvalue weighted by Crippen LogP contribution is 2.23. The van der Waals surface area contributed by atoms with Crippen molar-refractivity contribution in [3.63, 3.8) is 0 Å². The minimum atomic E-state index is -1.16. The summed E-state index contributed by atoms with van der Waals surface area (Å²) in [5.74, 6) is -1.20. The first-order valence-electron chi connectivity index (χ1n) is 18.9. The van der Waals surface area contributed by atoms with Crippen LogP contribution in [0.5, 0.6) is 0 Å². The second-order valence-electron chi connectivity index (χ2n) is 14.2. The summed E-state index contributed by atoms with van der Waals surface area (Å²) in [6, 6.07) is 22.1.